The number of carboxylic acid groups (broad SMARTS) is 1. The molecule has 2 aliphatic heterocycles. The van der Waals surface area contributed by atoms with Crippen LogP contribution in [-0.2, 0) is 22.9 Å². The molecule has 0 radical (unpaired) electrons. The van der Waals surface area contributed by atoms with E-state index in [1.54, 1.807) is 12.1 Å². The maximum atomic E-state index is 14.7. The van der Waals surface area contributed by atoms with Crippen LogP contribution in [0.25, 0.3) is 0 Å². The first-order valence-corrected chi connectivity index (χ1v) is 13.3. The van der Waals surface area contributed by atoms with E-state index in [0.717, 1.165) is 44.4 Å². The average molecular weight is 505 g/mol. The third-order valence-corrected chi connectivity index (χ3v) is 7.95. The molecule has 0 unspecified atom stereocenters. The van der Waals surface area contributed by atoms with Crippen molar-refractivity contribution in [1.29, 1.82) is 0 Å². The Kier molecular flexibility index (Phi) is 7.68. The molecule has 11 heteroatoms. The number of carbonyl (C=O) groups is 2. The van der Waals surface area contributed by atoms with Gasteiger partial charge >= 0.3 is 12.0 Å². The fourth-order valence-corrected chi connectivity index (χ4v) is 5.43. The van der Waals surface area contributed by atoms with E-state index < -0.39 is 27.7 Å². The Morgan fingerprint density at radius 2 is 1.66 bits per heavy atom. The number of carboxylic acids is 1. The molecular weight excluding hydrogens is 475 g/mol. The predicted molar refractivity (Wildman–Crippen MR) is 130 cm³/mol. The predicted octanol–water partition coefficient (Wildman–Crippen LogP) is 1.79. The highest BCUT2D eigenvalue weighted by atomic mass is 32.2. The number of hydrogen-bond acceptors (Lipinski definition) is 6. The van der Waals surface area contributed by atoms with E-state index >= 15 is 0 Å². The number of benzene rings is 2. The molecule has 2 N–H and O–H groups in total. The lowest BCUT2D eigenvalue weighted by molar-refractivity contribution is 0.0696. The molecule has 0 bridgehead atoms. The summed E-state index contributed by atoms with van der Waals surface area (Å²) in [6.07, 6.45) is 0. The highest BCUT2D eigenvalue weighted by Crippen LogP contribution is 2.23. The Bertz CT molecular complexity index is 1170. The molecule has 0 spiro atoms. The van der Waals surface area contributed by atoms with Gasteiger partial charge in [-0.3, -0.25) is 9.80 Å². The van der Waals surface area contributed by atoms with Crippen LogP contribution in [0.3, 0.4) is 0 Å². The molecular formula is C24H29FN4O5S. The first-order chi connectivity index (χ1) is 16.7. The highest BCUT2D eigenvalue weighted by molar-refractivity contribution is 7.91. The van der Waals surface area contributed by atoms with Gasteiger partial charge in [-0.15, -0.1) is 0 Å². The van der Waals surface area contributed by atoms with Crippen molar-refractivity contribution in [3.8, 4) is 0 Å². The quantitative estimate of drug-likeness (QED) is 0.617. The Balaban J connectivity index is 1.57. The van der Waals surface area contributed by atoms with E-state index in [2.05, 4.69) is 10.2 Å². The lowest BCUT2D eigenvalue weighted by atomic mass is 10.1. The minimum Gasteiger partial charge on any atom is -0.478 e. The molecule has 0 atom stereocenters. The fraction of sp³-hybridized carbons (Fsp3) is 0.417. The zero-order valence-corrected chi connectivity index (χ0v) is 20.1. The summed E-state index contributed by atoms with van der Waals surface area (Å²) in [7, 11) is -3.17. The molecule has 2 saturated heterocycles. The van der Waals surface area contributed by atoms with Gasteiger partial charge in [0.25, 0.3) is 0 Å². The van der Waals surface area contributed by atoms with E-state index in [1.807, 2.05) is 12.1 Å². The van der Waals surface area contributed by atoms with Gasteiger partial charge in [0.2, 0.25) is 0 Å². The van der Waals surface area contributed by atoms with Crippen molar-refractivity contribution in [2.75, 3.05) is 55.7 Å². The SMILES string of the molecule is O=C(O)c1ccc(CN(C(=O)N2CCS(=O)(=O)CC2)c2ccc(CN3CCNCC3)cc2)c(F)c1. The van der Waals surface area contributed by atoms with Crippen LogP contribution in [0.15, 0.2) is 42.5 Å². The van der Waals surface area contributed by atoms with Crippen molar-refractivity contribution in [3.63, 3.8) is 0 Å². The molecule has 2 aromatic rings. The third kappa shape index (κ3) is 6.36. The van der Waals surface area contributed by atoms with E-state index in [4.69, 9.17) is 5.11 Å². The number of aromatic carboxylic acids is 1. The van der Waals surface area contributed by atoms with E-state index in [9.17, 15) is 22.4 Å². The highest BCUT2D eigenvalue weighted by Gasteiger charge is 2.29. The summed E-state index contributed by atoms with van der Waals surface area (Å²) in [5.74, 6) is -2.19. The summed E-state index contributed by atoms with van der Waals surface area (Å²) in [6.45, 7) is 4.59. The van der Waals surface area contributed by atoms with Crippen LogP contribution < -0.4 is 10.2 Å². The van der Waals surface area contributed by atoms with Crippen molar-refractivity contribution in [2.45, 2.75) is 13.1 Å². The number of nitrogens with one attached hydrogen (secondary N) is 1. The van der Waals surface area contributed by atoms with Gasteiger partial charge in [0.15, 0.2) is 9.84 Å². The molecule has 2 aliphatic rings. The minimum absolute atomic E-state index is 0.0686. The van der Waals surface area contributed by atoms with Gasteiger partial charge in [0.1, 0.15) is 5.82 Å². The lowest BCUT2D eigenvalue weighted by Gasteiger charge is -2.33. The number of carbonyl (C=O) groups excluding carboxylic acids is 1. The second-order valence-electron chi connectivity index (χ2n) is 8.81. The van der Waals surface area contributed by atoms with Gasteiger partial charge in [-0.1, -0.05) is 18.2 Å². The Morgan fingerprint density at radius 1 is 1.00 bits per heavy atom. The van der Waals surface area contributed by atoms with Crippen molar-refractivity contribution >= 4 is 27.5 Å². The van der Waals surface area contributed by atoms with Crippen molar-refractivity contribution in [3.05, 3.63) is 65.0 Å². The Labute approximate surface area is 204 Å². The van der Waals surface area contributed by atoms with Crippen LogP contribution in [0.4, 0.5) is 14.9 Å². The van der Waals surface area contributed by atoms with Gasteiger partial charge in [0, 0.05) is 57.1 Å². The maximum Gasteiger partial charge on any atom is 0.335 e. The zero-order valence-electron chi connectivity index (χ0n) is 19.3. The van der Waals surface area contributed by atoms with Crippen molar-refractivity contribution in [2.24, 2.45) is 0 Å². The van der Waals surface area contributed by atoms with Crippen LogP contribution in [0, 0.1) is 5.82 Å². The van der Waals surface area contributed by atoms with Gasteiger partial charge in [-0.2, -0.15) is 0 Å². The summed E-state index contributed by atoms with van der Waals surface area (Å²) in [5.41, 5.74) is 1.62. The number of urea groups is 1. The average Bonchev–Trinajstić information content (AvgIpc) is 2.84. The van der Waals surface area contributed by atoms with Crippen LogP contribution in [-0.4, -0.2) is 86.1 Å². The number of rotatable bonds is 6. The molecule has 0 aliphatic carbocycles. The summed E-state index contributed by atoms with van der Waals surface area (Å²) in [4.78, 5) is 29.8. The summed E-state index contributed by atoms with van der Waals surface area (Å²) < 4.78 is 38.4. The molecule has 0 aromatic heterocycles. The first-order valence-electron chi connectivity index (χ1n) is 11.5. The summed E-state index contributed by atoms with van der Waals surface area (Å²) >= 11 is 0. The maximum absolute atomic E-state index is 14.7. The lowest BCUT2D eigenvalue weighted by Crippen LogP contribution is -2.49. The standard InChI is InChI=1S/C24H29FN4O5S/c25-22-15-19(23(30)31)3-4-20(22)17-29(24(32)28-11-13-35(33,34)14-12-28)21-5-1-18(2-6-21)16-27-9-7-26-8-10-27/h1-6,15,26H,7-14,16-17H2,(H,30,31). The number of anilines is 1. The number of sulfone groups is 1. The van der Waals surface area contributed by atoms with Gasteiger partial charge < -0.3 is 15.3 Å². The Morgan fingerprint density at radius 3 is 2.26 bits per heavy atom. The van der Waals surface area contributed by atoms with Crippen LogP contribution in [0.1, 0.15) is 21.5 Å². The van der Waals surface area contributed by atoms with E-state index in [1.165, 1.54) is 21.9 Å². The largest absolute Gasteiger partial charge is 0.478 e. The fourth-order valence-electron chi connectivity index (χ4n) is 4.23. The smallest absolute Gasteiger partial charge is 0.335 e. The monoisotopic (exact) mass is 504 g/mol. The Hall–Kier alpha value is -3.02. The molecule has 9 nitrogen and oxygen atoms in total. The zero-order chi connectivity index (χ0) is 25.0. The molecule has 2 amide bonds. The van der Waals surface area contributed by atoms with Crippen LogP contribution in [0.2, 0.25) is 0 Å². The molecule has 188 valence electrons. The minimum atomic E-state index is -3.17. The topological polar surface area (TPSA) is 110 Å². The second-order valence-corrected chi connectivity index (χ2v) is 11.1. The number of nitrogens with zero attached hydrogens (tertiary/aromatic N) is 3. The third-order valence-electron chi connectivity index (χ3n) is 6.34. The van der Waals surface area contributed by atoms with Crippen LogP contribution >= 0.6 is 0 Å². The summed E-state index contributed by atoms with van der Waals surface area (Å²) in [6, 6.07) is 10.6. The van der Waals surface area contributed by atoms with E-state index in [0.29, 0.717) is 5.69 Å². The summed E-state index contributed by atoms with van der Waals surface area (Å²) in [5, 5.41) is 12.4. The number of piperazine rings is 1. The van der Waals surface area contributed by atoms with E-state index in [-0.39, 0.29) is 42.3 Å². The number of amides is 2. The van der Waals surface area contributed by atoms with Crippen molar-refractivity contribution < 1.29 is 27.5 Å². The molecule has 2 aromatic carbocycles. The van der Waals surface area contributed by atoms with Gasteiger partial charge in [-0.25, -0.2) is 22.4 Å². The number of halogens is 1. The molecule has 2 fully saturated rings. The molecule has 0 saturated carbocycles. The van der Waals surface area contributed by atoms with Crippen LogP contribution in [0.5, 0.6) is 0 Å². The second kappa shape index (κ2) is 10.7. The van der Waals surface area contributed by atoms with Crippen molar-refractivity contribution in [1.82, 2.24) is 15.1 Å². The molecule has 2 heterocycles. The van der Waals surface area contributed by atoms with Gasteiger partial charge in [0.05, 0.1) is 23.6 Å². The normalized spacial score (nSPS) is 18.3. The van der Waals surface area contributed by atoms with Gasteiger partial charge in [-0.05, 0) is 29.8 Å². The number of hydrogen-bond donors (Lipinski definition) is 2. The molecule has 35 heavy (non-hydrogen) atoms. The molecule has 4 rings (SSSR count). The first kappa shape index (κ1) is 25.1.